The van der Waals surface area contributed by atoms with E-state index < -0.39 is 0 Å². The molecule has 0 N–H and O–H groups in total. The highest BCUT2D eigenvalue weighted by atomic mass is 32.1. The van der Waals surface area contributed by atoms with Crippen LogP contribution in [0.4, 0.5) is 4.39 Å². The Morgan fingerprint density at radius 3 is 2.53 bits per heavy atom. The van der Waals surface area contributed by atoms with Gasteiger partial charge in [-0.25, -0.2) is 9.37 Å². The van der Waals surface area contributed by atoms with Crippen LogP contribution in [0.25, 0.3) is 10.2 Å². The molecular formula is C22H23FN2O4S. The molecule has 0 saturated carbocycles. The fourth-order valence-electron chi connectivity index (χ4n) is 3.33. The SMILES string of the molecule is CCOc1ccc(OCC(=O)N2CCC(Oc3nc4ccc(F)cc4s3)CC2)cc1. The lowest BCUT2D eigenvalue weighted by molar-refractivity contribution is -0.135. The Morgan fingerprint density at radius 1 is 1.13 bits per heavy atom. The van der Waals surface area contributed by atoms with Gasteiger partial charge in [-0.15, -0.1) is 0 Å². The van der Waals surface area contributed by atoms with Gasteiger partial charge in [0.1, 0.15) is 23.4 Å². The second kappa shape index (κ2) is 9.30. The van der Waals surface area contributed by atoms with Gasteiger partial charge in [-0.05, 0) is 49.4 Å². The van der Waals surface area contributed by atoms with E-state index in [1.807, 2.05) is 19.1 Å². The Balaban J connectivity index is 1.23. The van der Waals surface area contributed by atoms with Gasteiger partial charge in [0, 0.05) is 25.9 Å². The third kappa shape index (κ3) is 4.99. The number of nitrogens with zero attached hydrogens (tertiary/aromatic N) is 2. The van der Waals surface area contributed by atoms with Crippen molar-refractivity contribution in [2.24, 2.45) is 0 Å². The van der Waals surface area contributed by atoms with Crippen molar-refractivity contribution < 1.29 is 23.4 Å². The zero-order valence-electron chi connectivity index (χ0n) is 16.7. The topological polar surface area (TPSA) is 60.9 Å². The van der Waals surface area contributed by atoms with Crippen LogP contribution in [-0.4, -0.2) is 48.2 Å². The van der Waals surface area contributed by atoms with E-state index in [2.05, 4.69) is 4.98 Å². The number of ether oxygens (including phenoxy) is 3. The molecule has 0 atom stereocenters. The first-order valence-corrected chi connectivity index (χ1v) is 10.8. The summed E-state index contributed by atoms with van der Waals surface area (Å²) in [5, 5.41) is 0.541. The summed E-state index contributed by atoms with van der Waals surface area (Å²) in [6, 6.07) is 11.7. The van der Waals surface area contributed by atoms with Gasteiger partial charge in [0.05, 0.1) is 16.8 Å². The molecule has 3 aromatic rings. The minimum Gasteiger partial charge on any atom is -0.494 e. The van der Waals surface area contributed by atoms with E-state index in [1.54, 1.807) is 23.1 Å². The zero-order valence-corrected chi connectivity index (χ0v) is 17.5. The molecule has 1 fully saturated rings. The maximum atomic E-state index is 13.3. The van der Waals surface area contributed by atoms with Crippen LogP contribution in [0.2, 0.25) is 0 Å². The highest BCUT2D eigenvalue weighted by Crippen LogP contribution is 2.30. The zero-order chi connectivity index (χ0) is 20.9. The van der Waals surface area contributed by atoms with Gasteiger partial charge in [0.2, 0.25) is 0 Å². The molecule has 1 aromatic heterocycles. The molecule has 1 saturated heterocycles. The minimum atomic E-state index is -0.281. The minimum absolute atomic E-state index is 0.00292. The third-order valence-corrected chi connectivity index (χ3v) is 5.80. The van der Waals surface area contributed by atoms with Crippen molar-refractivity contribution in [2.45, 2.75) is 25.9 Å². The van der Waals surface area contributed by atoms with E-state index in [1.165, 1.54) is 23.5 Å². The second-order valence-electron chi connectivity index (χ2n) is 6.98. The second-order valence-corrected chi connectivity index (χ2v) is 7.98. The first kappa shape index (κ1) is 20.4. The van der Waals surface area contributed by atoms with E-state index in [9.17, 15) is 9.18 Å². The van der Waals surface area contributed by atoms with Crippen LogP contribution in [0.1, 0.15) is 19.8 Å². The lowest BCUT2D eigenvalue weighted by Gasteiger charge is -2.31. The molecule has 8 heteroatoms. The van der Waals surface area contributed by atoms with Crippen LogP contribution in [0, 0.1) is 5.82 Å². The molecule has 1 aliphatic rings. The fraction of sp³-hybridized carbons (Fsp3) is 0.364. The summed E-state index contributed by atoms with van der Waals surface area (Å²) < 4.78 is 31.1. The number of halogens is 1. The number of thiazole rings is 1. The molecular weight excluding hydrogens is 407 g/mol. The number of fused-ring (bicyclic) bond motifs is 1. The van der Waals surface area contributed by atoms with Gasteiger partial charge in [-0.1, -0.05) is 11.3 Å². The number of carbonyl (C=O) groups is 1. The van der Waals surface area contributed by atoms with Crippen molar-refractivity contribution in [2.75, 3.05) is 26.3 Å². The highest BCUT2D eigenvalue weighted by molar-refractivity contribution is 7.20. The van der Waals surface area contributed by atoms with Gasteiger partial charge < -0.3 is 19.1 Å². The summed E-state index contributed by atoms with van der Waals surface area (Å²) in [7, 11) is 0. The molecule has 2 heterocycles. The standard InChI is InChI=1S/C22H23FN2O4S/c1-2-27-16-4-6-17(7-5-16)28-14-21(26)25-11-9-18(10-12-25)29-22-24-19-8-3-15(23)13-20(19)30-22/h3-8,13,18H,2,9-12,14H2,1H3. The quantitative estimate of drug-likeness (QED) is 0.560. The third-order valence-electron chi connectivity index (χ3n) is 4.89. The first-order valence-electron chi connectivity index (χ1n) is 9.97. The summed E-state index contributed by atoms with van der Waals surface area (Å²) in [6.07, 6.45) is 1.43. The number of likely N-dealkylation sites (tertiary alicyclic amines) is 1. The molecule has 0 aliphatic carbocycles. The van der Waals surface area contributed by atoms with Crippen LogP contribution >= 0.6 is 11.3 Å². The maximum absolute atomic E-state index is 13.3. The fourth-order valence-corrected chi connectivity index (χ4v) is 4.23. The number of benzene rings is 2. The first-order chi connectivity index (χ1) is 14.6. The summed E-state index contributed by atoms with van der Waals surface area (Å²) in [4.78, 5) is 18.6. The monoisotopic (exact) mass is 430 g/mol. The van der Waals surface area contributed by atoms with Crippen molar-refractivity contribution in [3.05, 3.63) is 48.3 Å². The normalized spacial score (nSPS) is 14.7. The number of hydrogen-bond donors (Lipinski definition) is 0. The van der Waals surface area contributed by atoms with Crippen LogP contribution in [0.5, 0.6) is 16.7 Å². The molecule has 4 rings (SSSR count). The summed E-state index contributed by atoms with van der Waals surface area (Å²) >= 11 is 1.34. The van der Waals surface area contributed by atoms with Gasteiger partial charge >= 0.3 is 0 Å². The lowest BCUT2D eigenvalue weighted by atomic mass is 10.1. The average Bonchev–Trinajstić information content (AvgIpc) is 3.15. The summed E-state index contributed by atoms with van der Waals surface area (Å²) in [5.41, 5.74) is 0.732. The average molecular weight is 431 g/mol. The van der Waals surface area contributed by atoms with Crippen LogP contribution in [0.3, 0.4) is 0 Å². The Labute approximate surface area is 178 Å². The van der Waals surface area contributed by atoms with Gasteiger partial charge in [-0.3, -0.25) is 4.79 Å². The Kier molecular flexibility index (Phi) is 6.32. The van der Waals surface area contributed by atoms with Crippen molar-refractivity contribution in [3.63, 3.8) is 0 Å². The largest absolute Gasteiger partial charge is 0.494 e. The predicted octanol–water partition coefficient (Wildman–Crippen LogP) is 4.28. The number of piperidine rings is 1. The van der Waals surface area contributed by atoms with Gasteiger partial charge in [0.15, 0.2) is 6.61 Å². The number of rotatable bonds is 7. The number of aromatic nitrogens is 1. The Bertz CT molecular complexity index is 1000. The van der Waals surface area contributed by atoms with Crippen LogP contribution in [-0.2, 0) is 4.79 Å². The van der Waals surface area contributed by atoms with E-state index in [-0.39, 0.29) is 24.4 Å². The van der Waals surface area contributed by atoms with Crippen molar-refractivity contribution in [3.8, 4) is 16.7 Å². The highest BCUT2D eigenvalue weighted by Gasteiger charge is 2.25. The molecule has 30 heavy (non-hydrogen) atoms. The number of amides is 1. The molecule has 0 bridgehead atoms. The van der Waals surface area contributed by atoms with Gasteiger partial charge in [-0.2, -0.15) is 0 Å². The van der Waals surface area contributed by atoms with E-state index >= 15 is 0 Å². The Morgan fingerprint density at radius 2 is 1.83 bits per heavy atom. The van der Waals surface area contributed by atoms with Crippen LogP contribution in [0.15, 0.2) is 42.5 Å². The number of hydrogen-bond acceptors (Lipinski definition) is 6. The van der Waals surface area contributed by atoms with Gasteiger partial charge in [0.25, 0.3) is 11.1 Å². The molecule has 0 unspecified atom stereocenters. The Hall–Kier alpha value is -2.87. The molecule has 158 valence electrons. The van der Waals surface area contributed by atoms with E-state index in [0.29, 0.717) is 30.6 Å². The maximum Gasteiger partial charge on any atom is 0.274 e. The van der Waals surface area contributed by atoms with Crippen molar-refractivity contribution in [1.29, 1.82) is 0 Å². The molecule has 2 aromatic carbocycles. The molecule has 1 amide bonds. The van der Waals surface area contributed by atoms with E-state index in [4.69, 9.17) is 14.2 Å². The van der Waals surface area contributed by atoms with Crippen molar-refractivity contribution >= 4 is 27.5 Å². The summed E-state index contributed by atoms with van der Waals surface area (Å²) in [6.45, 7) is 3.75. The smallest absolute Gasteiger partial charge is 0.274 e. The van der Waals surface area contributed by atoms with E-state index in [0.717, 1.165) is 28.8 Å². The van der Waals surface area contributed by atoms with Crippen molar-refractivity contribution in [1.82, 2.24) is 9.88 Å². The predicted molar refractivity (Wildman–Crippen MR) is 113 cm³/mol. The lowest BCUT2D eigenvalue weighted by Crippen LogP contribution is -2.43. The summed E-state index contributed by atoms with van der Waals surface area (Å²) in [5.74, 6) is 1.09. The van der Waals surface area contributed by atoms with Crippen LogP contribution < -0.4 is 14.2 Å². The molecule has 0 spiro atoms. The number of carbonyl (C=O) groups excluding carboxylic acids is 1. The molecule has 0 radical (unpaired) electrons. The molecule has 6 nitrogen and oxygen atoms in total. The molecule has 1 aliphatic heterocycles.